The zero-order valence-electron chi connectivity index (χ0n) is 21.7. The van der Waals surface area contributed by atoms with Gasteiger partial charge in [-0.05, 0) is 38.0 Å². The van der Waals surface area contributed by atoms with Crippen molar-refractivity contribution in [2.75, 3.05) is 50.1 Å². The van der Waals surface area contributed by atoms with E-state index in [9.17, 15) is 19.5 Å². The fraction of sp³-hybridized carbons (Fsp3) is 0.423. The van der Waals surface area contributed by atoms with Crippen molar-refractivity contribution in [3.8, 4) is 0 Å². The van der Waals surface area contributed by atoms with Crippen LogP contribution < -0.4 is 15.5 Å². The first-order valence-corrected chi connectivity index (χ1v) is 12.5. The van der Waals surface area contributed by atoms with Gasteiger partial charge in [0, 0.05) is 51.2 Å². The summed E-state index contributed by atoms with van der Waals surface area (Å²) in [6.45, 7) is 6.61. The van der Waals surface area contributed by atoms with Crippen molar-refractivity contribution in [1.82, 2.24) is 24.8 Å². The van der Waals surface area contributed by atoms with E-state index >= 15 is 0 Å². The van der Waals surface area contributed by atoms with Gasteiger partial charge < -0.3 is 30.3 Å². The highest BCUT2D eigenvalue weighted by Gasteiger charge is 2.31. The Labute approximate surface area is 219 Å². The van der Waals surface area contributed by atoms with Crippen LogP contribution in [0, 0.1) is 0 Å². The Morgan fingerprint density at radius 1 is 1.16 bits per heavy atom. The van der Waals surface area contributed by atoms with Gasteiger partial charge in [0.25, 0.3) is 17.7 Å². The Morgan fingerprint density at radius 2 is 1.92 bits per heavy atom. The standard InChI is InChI=1S/C26H31N7O5/c1-26(2,37)4-5-32-14-16-10-20(21(11-18(16)25(32)36)31-6-8-38-9-7-31)30-24(35)19-13-29-33-15-17(23(34)27-3)12-28-22(19)33/h10-13,15,37H,4-9,14H2,1-3H3,(H,27,34)(H,30,35). The van der Waals surface area contributed by atoms with E-state index < -0.39 is 11.5 Å². The zero-order chi connectivity index (χ0) is 27.0. The first-order valence-electron chi connectivity index (χ1n) is 12.5. The number of ether oxygens (including phenoxy) is 1. The smallest absolute Gasteiger partial charge is 0.261 e. The van der Waals surface area contributed by atoms with Crippen LogP contribution >= 0.6 is 0 Å². The minimum Gasteiger partial charge on any atom is -0.390 e. The zero-order valence-corrected chi connectivity index (χ0v) is 21.7. The van der Waals surface area contributed by atoms with Gasteiger partial charge in [-0.25, -0.2) is 9.50 Å². The number of nitrogens with one attached hydrogen (secondary N) is 2. The summed E-state index contributed by atoms with van der Waals surface area (Å²) in [6, 6.07) is 3.69. The van der Waals surface area contributed by atoms with Gasteiger partial charge in [-0.3, -0.25) is 14.4 Å². The number of carbonyl (C=O) groups is 3. The molecule has 0 spiro atoms. The molecule has 12 heteroatoms. The predicted molar refractivity (Wildman–Crippen MR) is 139 cm³/mol. The molecule has 5 rings (SSSR count). The Bertz CT molecular complexity index is 1400. The normalized spacial score (nSPS) is 15.6. The van der Waals surface area contributed by atoms with E-state index in [0.717, 1.165) is 11.3 Å². The Balaban J connectivity index is 1.45. The molecule has 3 amide bonds. The number of nitrogens with zero attached hydrogens (tertiary/aromatic N) is 5. The van der Waals surface area contributed by atoms with Crippen molar-refractivity contribution in [1.29, 1.82) is 0 Å². The molecule has 1 fully saturated rings. The van der Waals surface area contributed by atoms with Crippen LogP contribution in [0.1, 0.15) is 56.9 Å². The quantitative estimate of drug-likeness (QED) is 0.422. The molecule has 0 saturated carbocycles. The molecule has 0 unspecified atom stereocenters. The van der Waals surface area contributed by atoms with Crippen molar-refractivity contribution in [3.63, 3.8) is 0 Å². The maximum atomic E-state index is 13.4. The fourth-order valence-corrected chi connectivity index (χ4v) is 4.65. The largest absolute Gasteiger partial charge is 0.390 e. The highest BCUT2D eigenvalue weighted by molar-refractivity contribution is 6.10. The number of aliphatic hydroxyl groups is 1. The van der Waals surface area contributed by atoms with Gasteiger partial charge in [-0.15, -0.1) is 0 Å². The maximum Gasteiger partial charge on any atom is 0.261 e. The number of amides is 3. The third-order valence-electron chi connectivity index (χ3n) is 6.78. The lowest BCUT2D eigenvalue weighted by molar-refractivity contribution is 0.0516. The number of benzene rings is 1. The maximum absolute atomic E-state index is 13.4. The molecule has 2 aliphatic rings. The molecule has 0 aliphatic carbocycles. The summed E-state index contributed by atoms with van der Waals surface area (Å²) in [5.74, 6) is -0.798. The van der Waals surface area contributed by atoms with Crippen LogP contribution in [0.3, 0.4) is 0 Å². The molecule has 38 heavy (non-hydrogen) atoms. The molecule has 1 saturated heterocycles. The van der Waals surface area contributed by atoms with Crippen molar-refractivity contribution < 1.29 is 24.2 Å². The summed E-state index contributed by atoms with van der Waals surface area (Å²) in [5.41, 5.74) is 2.74. The van der Waals surface area contributed by atoms with E-state index in [1.807, 2.05) is 12.1 Å². The summed E-state index contributed by atoms with van der Waals surface area (Å²) < 4.78 is 6.90. The lowest BCUT2D eigenvalue weighted by Gasteiger charge is -2.31. The molecule has 1 aromatic carbocycles. The average Bonchev–Trinajstić information content (AvgIpc) is 3.46. The molecule has 200 valence electrons. The number of morpholine rings is 1. The number of fused-ring (bicyclic) bond motifs is 2. The molecular weight excluding hydrogens is 490 g/mol. The lowest BCUT2D eigenvalue weighted by Crippen LogP contribution is -2.37. The van der Waals surface area contributed by atoms with Crippen molar-refractivity contribution >= 4 is 34.7 Å². The van der Waals surface area contributed by atoms with E-state index in [-0.39, 0.29) is 17.4 Å². The van der Waals surface area contributed by atoms with Crippen molar-refractivity contribution in [2.24, 2.45) is 0 Å². The molecular formula is C26H31N7O5. The lowest BCUT2D eigenvalue weighted by atomic mass is 10.1. The summed E-state index contributed by atoms with van der Waals surface area (Å²) >= 11 is 0. The molecule has 0 radical (unpaired) electrons. The Morgan fingerprint density at radius 3 is 2.63 bits per heavy atom. The van der Waals surface area contributed by atoms with Crippen LogP contribution in [-0.2, 0) is 11.3 Å². The van der Waals surface area contributed by atoms with Crippen LogP contribution in [0.15, 0.2) is 30.7 Å². The number of aromatic nitrogens is 3. The first-order chi connectivity index (χ1) is 18.1. The van der Waals surface area contributed by atoms with Gasteiger partial charge in [0.05, 0.1) is 41.9 Å². The van der Waals surface area contributed by atoms with Gasteiger partial charge in [0.1, 0.15) is 5.56 Å². The van der Waals surface area contributed by atoms with Gasteiger partial charge in [0.2, 0.25) is 0 Å². The van der Waals surface area contributed by atoms with E-state index in [4.69, 9.17) is 4.74 Å². The SMILES string of the molecule is CNC(=O)c1cnc2c(C(=O)Nc3cc4c(cc3N3CCOCC3)C(=O)N(CCC(C)(C)O)C4)cnn2c1. The topological polar surface area (TPSA) is 141 Å². The van der Waals surface area contributed by atoms with Crippen LogP contribution in [0.4, 0.5) is 11.4 Å². The summed E-state index contributed by atoms with van der Waals surface area (Å²) in [4.78, 5) is 46.6. The fourth-order valence-electron chi connectivity index (χ4n) is 4.65. The van der Waals surface area contributed by atoms with Crippen LogP contribution in [0.25, 0.3) is 5.65 Å². The predicted octanol–water partition coefficient (Wildman–Crippen LogP) is 1.29. The van der Waals surface area contributed by atoms with Crippen LogP contribution in [-0.4, -0.2) is 87.8 Å². The van der Waals surface area contributed by atoms with Crippen LogP contribution in [0.5, 0.6) is 0 Å². The average molecular weight is 522 g/mol. The van der Waals surface area contributed by atoms with E-state index in [2.05, 4.69) is 25.6 Å². The molecule has 0 bridgehead atoms. The third-order valence-corrected chi connectivity index (χ3v) is 6.78. The monoisotopic (exact) mass is 521 g/mol. The number of rotatable bonds is 7. The highest BCUT2D eigenvalue weighted by atomic mass is 16.5. The second-order valence-corrected chi connectivity index (χ2v) is 10.1. The molecule has 2 aromatic heterocycles. The van der Waals surface area contributed by atoms with E-state index in [1.165, 1.54) is 30.2 Å². The second kappa shape index (κ2) is 10.0. The van der Waals surface area contributed by atoms with Gasteiger partial charge in [-0.2, -0.15) is 5.10 Å². The Hall–Kier alpha value is -4.03. The Kier molecular flexibility index (Phi) is 6.76. The molecule has 2 aliphatic heterocycles. The molecule has 4 heterocycles. The van der Waals surface area contributed by atoms with Crippen LogP contribution in [0.2, 0.25) is 0 Å². The number of anilines is 2. The van der Waals surface area contributed by atoms with Crippen molar-refractivity contribution in [2.45, 2.75) is 32.4 Å². The molecule has 0 atom stereocenters. The number of carbonyl (C=O) groups excluding carboxylic acids is 3. The summed E-state index contributed by atoms with van der Waals surface area (Å²) in [6.07, 6.45) is 4.78. The number of hydrogen-bond donors (Lipinski definition) is 3. The second-order valence-electron chi connectivity index (χ2n) is 10.1. The van der Waals surface area contributed by atoms with Gasteiger partial charge in [0.15, 0.2) is 5.65 Å². The highest BCUT2D eigenvalue weighted by Crippen LogP contribution is 2.35. The minimum absolute atomic E-state index is 0.0876. The van der Waals surface area contributed by atoms with E-state index in [0.29, 0.717) is 68.3 Å². The molecule has 12 nitrogen and oxygen atoms in total. The molecule has 3 aromatic rings. The van der Waals surface area contributed by atoms with Gasteiger partial charge in [-0.1, -0.05) is 0 Å². The third kappa shape index (κ3) is 5.04. The number of hydrogen-bond acceptors (Lipinski definition) is 8. The van der Waals surface area contributed by atoms with Gasteiger partial charge >= 0.3 is 0 Å². The van der Waals surface area contributed by atoms with E-state index in [1.54, 1.807) is 18.7 Å². The van der Waals surface area contributed by atoms with Crippen molar-refractivity contribution in [3.05, 3.63) is 53.0 Å². The summed E-state index contributed by atoms with van der Waals surface area (Å²) in [5, 5.41) is 19.9. The minimum atomic E-state index is -0.878. The summed E-state index contributed by atoms with van der Waals surface area (Å²) in [7, 11) is 1.53. The molecule has 3 N–H and O–H groups in total. The first kappa shape index (κ1) is 25.6.